The lowest BCUT2D eigenvalue weighted by atomic mass is 10.1. The molecular weight excluding hydrogens is 190 g/mol. The lowest BCUT2D eigenvalue weighted by Crippen LogP contribution is -2.37. The zero-order valence-corrected chi connectivity index (χ0v) is 9.03. The molecule has 80 valence electrons. The fourth-order valence-electron chi connectivity index (χ4n) is 1.54. The van der Waals surface area contributed by atoms with Crippen molar-refractivity contribution in [3.8, 4) is 5.75 Å². The number of fused-ring (bicyclic) bond motifs is 1. The maximum absolute atomic E-state index is 9.89. The molecule has 1 aliphatic rings. The quantitative estimate of drug-likeness (QED) is 0.699. The van der Waals surface area contributed by atoms with Crippen molar-refractivity contribution in [2.75, 3.05) is 13.2 Å². The molecule has 1 N–H and O–H groups in total. The maximum atomic E-state index is 9.89. The number of aliphatic hydroxyl groups is 1. The molecule has 1 unspecified atom stereocenters. The van der Waals surface area contributed by atoms with Gasteiger partial charge in [-0.05, 0) is 26.0 Å². The van der Waals surface area contributed by atoms with Crippen LogP contribution in [-0.2, 0) is 0 Å². The van der Waals surface area contributed by atoms with Crippen LogP contribution in [-0.4, -0.2) is 29.6 Å². The van der Waals surface area contributed by atoms with Gasteiger partial charge in [0.15, 0.2) is 0 Å². The molecule has 0 amide bonds. The minimum absolute atomic E-state index is 0.279. The van der Waals surface area contributed by atoms with Crippen LogP contribution in [0.15, 0.2) is 29.3 Å². The molecule has 1 heterocycles. The number of rotatable bonds is 0. The third-order valence-corrected chi connectivity index (χ3v) is 2.47. The van der Waals surface area contributed by atoms with Crippen molar-refractivity contribution in [2.45, 2.75) is 19.4 Å². The molecule has 2 rings (SSSR count). The molecule has 1 aromatic carbocycles. The minimum atomic E-state index is -0.880. The molecule has 0 fully saturated rings. The predicted octanol–water partition coefficient (Wildman–Crippen LogP) is 1.64. The molecule has 3 nitrogen and oxygen atoms in total. The van der Waals surface area contributed by atoms with E-state index in [-0.39, 0.29) is 6.61 Å². The standard InChI is InChI=1S/C12H15NO2/c1-9-10-5-3-4-6-11(10)15-8-12(2,14)7-13-9/h3-6,14H,7-8H2,1-2H3. The summed E-state index contributed by atoms with van der Waals surface area (Å²) in [5, 5.41) is 9.89. The van der Waals surface area contributed by atoms with Crippen molar-refractivity contribution in [3.63, 3.8) is 0 Å². The van der Waals surface area contributed by atoms with Gasteiger partial charge in [0.25, 0.3) is 0 Å². The van der Waals surface area contributed by atoms with Gasteiger partial charge in [-0.25, -0.2) is 0 Å². The Labute approximate surface area is 89.4 Å². The molecule has 3 heteroatoms. The van der Waals surface area contributed by atoms with Crippen LogP contribution in [0, 0.1) is 0 Å². The van der Waals surface area contributed by atoms with Gasteiger partial charge < -0.3 is 9.84 Å². The van der Waals surface area contributed by atoms with Crippen LogP contribution in [0.5, 0.6) is 5.75 Å². The first-order valence-corrected chi connectivity index (χ1v) is 5.04. The Morgan fingerprint density at radius 2 is 2.13 bits per heavy atom. The Morgan fingerprint density at radius 3 is 2.93 bits per heavy atom. The Morgan fingerprint density at radius 1 is 1.40 bits per heavy atom. The van der Waals surface area contributed by atoms with E-state index in [9.17, 15) is 5.11 Å². The Bertz CT molecular complexity index is 396. The summed E-state index contributed by atoms with van der Waals surface area (Å²) in [5.74, 6) is 0.790. The van der Waals surface area contributed by atoms with Crippen molar-refractivity contribution < 1.29 is 9.84 Å². The van der Waals surface area contributed by atoms with E-state index < -0.39 is 5.60 Å². The van der Waals surface area contributed by atoms with Gasteiger partial charge in [-0.1, -0.05) is 12.1 Å². The van der Waals surface area contributed by atoms with E-state index in [0.29, 0.717) is 6.54 Å². The maximum Gasteiger partial charge on any atom is 0.128 e. The van der Waals surface area contributed by atoms with Crippen molar-refractivity contribution in [1.29, 1.82) is 0 Å². The first-order chi connectivity index (χ1) is 7.08. The fourth-order valence-corrected chi connectivity index (χ4v) is 1.54. The van der Waals surface area contributed by atoms with Gasteiger partial charge in [0.1, 0.15) is 18.0 Å². The normalized spacial score (nSPS) is 25.7. The Hall–Kier alpha value is -1.35. The van der Waals surface area contributed by atoms with Crippen LogP contribution in [0.4, 0.5) is 0 Å². The summed E-state index contributed by atoms with van der Waals surface area (Å²) in [6.45, 7) is 4.33. The summed E-state index contributed by atoms with van der Waals surface area (Å²) in [5.41, 5.74) is 1.04. The summed E-state index contributed by atoms with van der Waals surface area (Å²) in [6, 6.07) is 7.76. The topological polar surface area (TPSA) is 41.8 Å². The van der Waals surface area contributed by atoms with E-state index in [1.165, 1.54) is 0 Å². The molecule has 0 bridgehead atoms. The van der Waals surface area contributed by atoms with Crippen LogP contribution in [0.2, 0.25) is 0 Å². The number of hydrogen-bond donors (Lipinski definition) is 1. The molecule has 0 saturated heterocycles. The average molecular weight is 205 g/mol. The van der Waals surface area contributed by atoms with Gasteiger partial charge >= 0.3 is 0 Å². The minimum Gasteiger partial charge on any atom is -0.490 e. The van der Waals surface area contributed by atoms with Gasteiger partial charge in [-0.3, -0.25) is 4.99 Å². The molecule has 0 saturated carbocycles. The number of para-hydroxylation sites is 1. The highest BCUT2D eigenvalue weighted by atomic mass is 16.5. The third kappa shape index (κ3) is 2.18. The van der Waals surface area contributed by atoms with Crippen molar-refractivity contribution in [1.82, 2.24) is 0 Å². The Balaban J connectivity index is 2.41. The van der Waals surface area contributed by atoms with Crippen LogP contribution in [0.1, 0.15) is 19.4 Å². The van der Waals surface area contributed by atoms with Crippen LogP contribution >= 0.6 is 0 Å². The second-order valence-electron chi connectivity index (χ2n) is 4.18. The lowest BCUT2D eigenvalue weighted by Gasteiger charge is -2.25. The third-order valence-electron chi connectivity index (χ3n) is 2.47. The molecule has 0 spiro atoms. The molecule has 1 atom stereocenters. The monoisotopic (exact) mass is 205 g/mol. The van der Waals surface area contributed by atoms with Crippen LogP contribution < -0.4 is 4.74 Å². The highest BCUT2D eigenvalue weighted by Crippen LogP contribution is 2.22. The zero-order chi connectivity index (χ0) is 10.9. The van der Waals surface area contributed by atoms with Crippen LogP contribution in [0.3, 0.4) is 0 Å². The largest absolute Gasteiger partial charge is 0.490 e. The molecule has 1 aliphatic heterocycles. The van der Waals surface area contributed by atoms with Crippen LogP contribution in [0.25, 0.3) is 0 Å². The van der Waals surface area contributed by atoms with Crippen molar-refractivity contribution in [3.05, 3.63) is 29.8 Å². The van der Waals surface area contributed by atoms with Gasteiger partial charge in [0.05, 0.1) is 6.54 Å². The summed E-state index contributed by atoms with van der Waals surface area (Å²) in [6.07, 6.45) is 0. The number of hydrogen-bond acceptors (Lipinski definition) is 3. The average Bonchev–Trinajstić information content (AvgIpc) is 2.22. The molecule has 15 heavy (non-hydrogen) atoms. The fraction of sp³-hybridized carbons (Fsp3) is 0.417. The van der Waals surface area contributed by atoms with E-state index in [0.717, 1.165) is 17.0 Å². The smallest absolute Gasteiger partial charge is 0.128 e. The summed E-state index contributed by atoms with van der Waals surface area (Å²) in [4.78, 5) is 4.36. The molecule has 0 aliphatic carbocycles. The van der Waals surface area contributed by atoms with Gasteiger partial charge in [0, 0.05) is 11.3 Å². The van der Waals surface area contributed by atoms with Crippen molar-refractivity contribution >= 4 is 5.71 Å². The first-order valence-electron chi connectivity index (χ1n) is 5.04. The molecule has 1 aromatic rings. The van der Waals surface area contributed by atoms with E-state index in [1.807, 2.05) is 31.2 Å². The summed E-state index contributed by atoms with van der Waals surface area (Å²) < 4.78 is 5.58. The number of ether oxygens (including phenoxy) is 1. The lowest BCUT2D eigenvalue weighted by molar-refractivity contribution is 0.0191. The SMILES string of the molecule is CC1=NCC(C)(O)COc2ccccc21. The van der Waals surface area contributed by atoms with E-state index >= 15 is 0 Å². The summed E-state index contributed by atoms with van der Waals surface area (Å²) in [7, 11) is 0. The second kappa shape index (κ2) is 3.66. The predicted molar refractivity (Wildman–Crippen MR) is 59.6 cm³/mol. The first kappa shape index (κ1) is 10.2. The highest BCUT2D eigenvalue weighted by molar-refractivity contribution is 6.01. The van der Waals surface area contributed by atoms with Gasteiger partial charge in [0.2, 0.25) is 0 Å². The number of nitrogens with zero attached hydrogens (tertiary/aromatic N) is 1. The molecule has 0 radical (unpaired) electrons. The van der Waals surface area contributed by atoms with E-state index in [2.05, 4.69) is 4.99 Å². The Kier molecular flexibility index (Phi) is 2.49. The molecular formula is C12H15NO2. The highest BCUT2D eigenvalue weighted by Gasteiger charge is 2.24. The summed E-state index contributed by atoms with van der Waals surface area (Å²) >= 11 is 0. The van der Waals surface area contributed by atoms with E-state index in [1.54, 1.807) is 6.92 Å². The number of benzene rings is 1. The van der Waals surface area contributed by atoms with Crippen molar-refractivity contribution in [2.24, 2.45) is 4.99 Å². The molecule has 0 aromatic heterocycles. The zero-order valence-electron chi connectivity index (χ0n) is 9.03. The second-order valence-corrected chi connectivity index (χ2v) is 4.18. The van der Waals surface area contributed by atoms with E-state index in [4.69, 9.17) is 4.74 Å². The van der Waals surface area contributed by atoms with Gasteiger partial charge in [-0.15, -0.1) is 0 Å². The van der Waals surface area contributed by atoms with Gasteiger partial charge in [-0.2, -0.15) is 0 Å². The number of aliphatic imine (C=N–C) groups is 1.